The van der Waals surface area contributed by atoms with Gasteiger partial charge in [0.05, 0.1) is 0 Å². The lowest BCUT2D eigenvalue weighted by atomic mass is 10.1. The van der Waals surface area contributed by atoms with Crippen molar-refractivity contribution in [1.29, 1.82) is 0 Å². The summed E-state index contributed by atoms with van der Waals surface area (Å²) in [6, 6.07) is 16.8. The summed E-state index contributed by atoms with van der Waals surface area (Å²) in [5, 5.41) is 2.75. The van der Waals surface area contributed by atoms with Crippen LogP contribution in [0.3, 0.4) is 0 Å². The third kappa shape index (κ3) is 3.64. The normalized spacial score (nSPS) is 16.7. The molecule has 4 heteroatoms. The van der Waals surface area contributed by atoms with Gasteiger partial charge in [0, 0.05) is 38.8 Å². The molecule has 1 N–H and O–H groups in total. The maximum atomic E-state index is 6.16. The number of aromatic nitrogens is 1. The molecular weight excluding hydrogens is 336 g/mol. The molecule has 124 valence electrons. The summed E-state index contributed by atoms with van der Waals surface area (Å²) in [6.45, 7) is 3.42. The minimum atomic E-state index is 0.690. The molecule has 24 heavy (non-hydrogen) atoms. The standard InChI is InChI=1S/C20H21ClN2S/c21-16-6-7-19-18(12-16)20(13-22-19)24-17-8-10-23(11-9-17)14-15-4-2-1-3-5-15/h1-7,12-13,17,22H,8-11,14H2. The average Bonchev–Trinajstić information content (AvgIpc) is 3.00. The molecule has 2 nitrogen and oxygen atoms in total. The lowest BCUT2D eigenvalue weighted by Gasteiger charge is -2.31. The summed E-state index contributed by atoms with van der Waals surface area (Å²) in [5.41, 5.74) is 2.58. The third-order valence-electron chi connectivity index (χ3n) is 4.68. The van der Waals surface area contributed by atoms with Crippen molar-refractivity contribution in [2.75, 3.05) is 13.1 Å². The van der Waals surface area contributed by atoms with Crippen LogP contribution < -0.4 is 0 Å². The minimum Gasteiger partial charge on any atom is -0.360 e. The molecule has 1 aliphatic heterocycles. The van der Waals surface area contributed by atoms with Crippen molar-refractivity contribution in [2.45, 2.75) is 29.5 Å². The van der Waals surface area contributed by atoms with E-state index in [-0.39, 0.29) is 0 Å². The van der Waals surface area contributed by atoms with E-state index in [4.69, 9.17) is 11.6 Å². The second-order valence-electron chi connectivity index (χ2n) is 6.42. The molecule has 0 saturated carbocycles. The van der Waals surface area contributed by atoms with E-state index in [0.29, 0.717) is 5.25 Å². The smallest absolute Gasteiger partial charge is 0.0466 e. The number of hydrogen-bond acceptors (Lipinski definition) is 2. The number of H-pyrrole nitrogens is 1. The molecule has 1 saturated heterocycles. The Balaban J connectivity index is 1.36. The van der Waals surface area contributed by atoms with Gasteiger partial charge < -0.3 is 4.98 Å². The van der Waals surface area contributed by atoms with Gasteiger partial charge >= 0.3 is 0 Å². The van der Waals surface area contributed by atoms with Gasteiger partial charge in [0.1, 0.15) is 0 Å². The van der Waals surface area contributed by atoms with E-state index in [1.807, 2.05) is 17.8 Å². The lowest BCUT2D eigenvalue weighted by molar-refractivity contribution is 0.225. The Morgan fingerprint density at radius 2 is 1.88 bits per heavy atom. The monoisotopic (exact) mass is 356 g/mol. The predicted octanol–water partition coefficient (Wildman–Crippen LogP) is 5.58. The zero-order valence-corrected chi connectivity index (χ0v) is 15.1. The Labute approximate surface area is 152 Å². The first-order valence-corrected chi connectivity index (χ1v) is 9.73. The van der Waals surface area contributed by atoms with E-state index in [1.165, 1.54) is 47.3 Å². The first-order chi connectivity index (χ1) is 11.8. The number of benzene rings is 2. The number of halogens is 1. The van der Waals surface area contributed by atoms with E-state index in [0.717, 1.165) is 11.6 Å². The van der Waals surface area contributed by atoms with E-state index in [1.54, 1.807) is 0 Å². The van der Waals surface area contributed by atoms with Gasteiger partial charge in [-0.15, -0.1) is 11.8 Å². The fourth-order valence-corrected chi connectivity index (χ4v) is 4.77. The summed E-state index contributed by atoms with van der Waals surface area (Å²) in [7, 11) is 0. The van der Waals surface area contributed by atoms with Crippen LogP contribution in [0.5, 0.6) is 0 Å². The highest BCUT2D eigenvalue weighted by Gasteiger charge is 2.21. The van der Waals surface area contributed by atoms with E-state index in [2.05, 4.69) is 58.5 Å². The molecule has 1 fully saturated rings. The Bertz CT molecular complexity index is 807. The second-order valence-corrected chi connectivity index (χ2v) is 8.20. The second kappa shape index (κ2) is 7.22. The zero-order valence-electron chi connectivity index (χ0n) is 13.5. The van der Waals surface area contributed by atoms with Crippen LogP contribution in [0.2, 0.25) is 5.02 Å². The topological polar surface area (TPSA) is 19.0 Å². The number of nitrogens with one attached hydrogen (secondary N) is 1. The van der Waals surface area contributed by atoms with Crippen molar-refractivity contribution in [1.82, 2.24) is 9.88 Å². The maximum Gasteiger partial charge on any atom is 0.0466 e. The Morgan fingerprint density at radius 3 is 2.67 bits per heavy atom. The molecule has 0 unspecified atom stereocenters. The van der Waals surface area contributed by atoms with Crippen LogP contribution in [0.15, 0.2) is 59.6 Å². The van der Waals surface area contributed by atoms with Gasteiger partial charge in [-0.3, -0.25) is 4.90 Å². The number of fused-ring (bicyclic) bond motifs is 1. The van der Waals surface area contributed by atoms with Crippen LogP contribution in [0.4, 0.5) is 0 Å². The van der Waals surface area contributed by atoms with Crippen molar-refractivity contribution in [3.05, 3.63) is 65.3 Å². The van der Waals surface area contributed by atoms with E-state index < -0.39 is 0 Å². The highest BCUT2D eigenvalue weighted by atomic mass is 35.5. The van der Waals surface area contributed by atoms with Crippen molar-refractivity contribution >= 4 is 34.3 Å². The fraction of sp³-hybridized carbons (Fsp3) is 0.300. The van der Waals surface area contributed by atoms with Crippen molar-refractivity contribution in [2.24, 2.45) is 0 Å². The molecule has 1 aromatic heterocycles. The van der Waals surface area contributed by atoms with Gasteiger partial charge in [-0.2, -0.15) is 0 Å². The lowest BCUT2D eigenvalue weighted by Crippen LogP contribution is -2.34. The van der Waals surface area contributed by atoms with Crippen LogP contribution in [0.25, 0.3) is 10.9 Å². The largest absolute Gasteiger partial charge is 0.360 e. The molecule has 1 aliphatic rings. The van der Waals surface area contributed by atoms with E-state index >= 15 is 0 Å². The maximum absolute atomic E-state index is 6.16. The molecule has 0 bridgehead atoms. The number of rotatable bonds is 4. The van der Waals surface area contributed by atoms with Gasteiger partial charge in [-0.25, -0.2) is 0 Å². The summed E-state index contributed by atoms with van der Waals surface area (Å²) < 4.78 is 0. The van der Waals surface area contributed by atoms with Crippen molar-refractivity contribution < 1.29 is 0 Å². The van der Waals surface area contributed by atoms with Crippen molar-refractivity contribution in [3.8, 4) is 0 Å². The van der Waals surface area contributed by atoms with Gasteiger partial charge in [0.15, 0.2) is 0 Å². The van der Waals surface area contributed by atoms with E-state index in [9.17, 15) is 0 Å². The fourth-order valence-electron chi connectivity index (χ4n) is 3.37. The van der Waals surface area contributed by atoms with Crippen LogP contribution in [-0.2, 0) is 6.54 Å². The van der Waals surface area contributed by atoms with Gasteiger partial charge in [-0.05, 0) is 49.7 Å². The summed E-state index contributed by atoms with van der Waals surface area (Å²) in [6.07, 6.45) is 4.61. The number of aromatic amines is 1. The van der Waals surface area contributed by atoms with Gasteiger partial charge in [0.2, 0.25) is 0 Å². The number of piperidine rings is 1. The SMILES string of the molecule is Clc1ccc2[nH]cc(SC3CCN(Cc4ccccc4)CC3)c2c1. The Kier molecular flexibility index (Phi) is 4.83. The highest BCUT2D eigenvalue weighted by Crippen LogP contribution is 2.36. The van der Waals surface area contributed by atoms with Crippen LogP contribution >= 0.6 is 23.4 Å². The highest BCUT2D eigenvalue weighted by molar-refractivity contribution is 8.00. The summed E-state index contributed by atoms with van der Waals surface area (Å²) in [5.74, 6) is 0. The molecule has 0 amide bonds. The average molecular weight is 357 g/mol. The van der Waals surface area contributed by atoms with Crippen molar-refractivity contribution in [3.63, 3.8) is 0 Å². The Morgan fingerprint density at radius 1 is 1.08 bits per heavy atom. The third-order valence-corrected chi connectivity index (χ3v) is 6.31. The number of thioether (sulfide) groups is 1. The minimum absolute atomic E-state index is 0.690. The number of likely N-dealkylation sites (tertiary alicyclic amines) is 1. The molecule has 3 aromatic rings. The predicted molar refractivity (Wildman–Crippen MR) is 104 cm³/mol. The summed E-state index contributed by atoms with van der Waals surface area (Å²) >= 11 is 8.16. The molecule has 4 rings (SSSR count). The first-order valence-electron chi connectivity index (χ1n) is 8.47. The zero-order chi connectivity index (χ0) is 16.4. The molecule has 0 radical (unpaired) electrons. The summed E-state index contributed by atoms with van der Waals surface area (Å²) in [4.78, 5) is 7.25. The molecule has 2 heterocycles. The van der Waals surface area contributed by atoms with Crippen LogP contribution in [0, 0.1) is 0 Å². The van der Waals surface area contributed by atoms with Gasteiger partial charge in [0.25, 0.3) is 0 Å². The van der Waals surface area contributed by atoms with Crippen LogP contribution in [0.1, 0.15) is 18.4 Å². The Hall–Kier alpha value is -1.42. The number of nitrogens with zero attached hydrogens (tertiary/aromatic N) is 1. The quantitative estimate of drug-likeness (QED) is 0.658. The molecule has 2 aromatic carbocycles. The molecule has 0 atom stereocenters. The van der Waals surface area contributed by atoms with Gasteiger partial charge in [-0.1, -0.05) is 41.9 Å². The molecule has 0 spiro atoms. The van der Waals surface area contributed by atoms with Crippen LogP contribution in [-0.4, -0.2) is 28.2 Å². The first kappa shape index (κ1) is 16.1. The molecule has 0 aliphatic carbocycles. The number of hydrogen-bond donors (Lipinski definition) is 1. The molecular formula is C20H21ClN2S.